The first-order valence-corrected chi connectivity index (χ1v) is 10.2. The van der Waals surface area contributed by atoms with E-state index in [1.54, 1.807) is 38.4 Å². The van der Waals surface area contributed by atoms with Crippen LogP contribution in [0, 0.1) is 0 Å². The zero-order chi connectivity index (χ0) is 20.3. The van der Waals surface area contributed by atoms with Crippen LogP contribution in [0.15, 0.2) is 54.6 Å². The summed E-state index contributed by atoms with van der Waals surface area (Å²) in [5.74, 6) is 0.338. The van der Waals surface area contributed by atoms with Gasteiger partial charge in [-0.15, -0.1) is 0 Å². The van der Waals surface area contributed by atoms with E-state index in [4.69, 9.17) is 4.74 Å². The van der Waals surface area contributed by atoms with E-state index < -0.39 is 10.0 Å². The van der Waals surface area contributed by atoms with E-state index in [9.17, 15) is 13.2 Å². The number of aromatic nitrogens is 2. The molecule has 0 saturated heterocycles. The van der Waals surface area contributed by atoms with E-state index >= 15 is 0 Å². The molecule has 0 saturated carbocycles. The van der Waals surface area contributed by atoms with Crippen LogP contribution in [0.25, 0.3) is 11.3 Å². The third-order valence-electron chi connectivity index (χ3n) is 3.90. The first-order valence-electron chi connectivity index (χ1n) is 8.33. The minimum atomic E-state index is -3.40. The van der Waals surface area contributed by atoms with Gasteiger partial charge in [-0.3, -0.25) is 14.2 Å². The zero-order valence-electron chi connectivity index (χ0n) is 15.6. The lowest BCUT2D eigenvalue weighted by atomic mass is 10.1. The average Bonchev–Trinajstić information content (AvgIpc) is 3.02. The van der Waals surface area contributed by atoms with Gasteiger partial charge >= 0.3 is 0 Å². The van der Waals surface area contributed by atoms with Gasteiger partial charge in [-0.2, -0.15) is 5.10 Å². The van der Waals surface area contributed by atoms with Gasteiger partial charge in [0, 0.05) is 18.3 Å². The zero-order valence-corrected chi connectivity index (χ0v) is 16.4. The van der Waals surface area contributed by atoms with Gasteiger partial charge in [-0.1, -0.05) is 18.2 Å². The van der Waals surface area contributed by atoms with Crippen molar-refractivity contribution in [3.63, 3.8) is 0 Å². The highest BCUT2D eigenvalue weighted by Gasteiger charge is 2.15. The summed E-state index contributed by atoms with van der Waals surface area (Å²) in [5, 5.41) is 7.15. The molecule has 146 valence electrons. The van der Waals surface area contributed by atoms with E-state index in [-0.39, 0.29) is 5.91 Å². The first kappa shape index (κ1) is 19.4. The highest BCUT2D eigenvalue weighted by molar-refractivity contribution is 7.92. The number of nitrogens with one attached hydrogen (secondary N) is 2. The molecule has 0 aliphatic rings. The summed E-state index contributed by atoms with van der Waals surface area (Å²) in [6.07, 6.45) is 1.06. The molecule has 0 unspecified atom stereocenters. The molecule has 1 aromatic heterocycles. The molecule has 0 radical (unpaired) electrons. The smallest absolute Gasteiger partial charge is 0.273 e. The van der Waals surface area contributed by atoms with Crippen LogP contribution in [0.3, 0.4) is 0 Å². The van der Waals surface area contributed by atoms with Crippen molar-refractivity contribution in [2.75, 3.05) is 23.4 Å². The van der Waals surface area contributed by atoms with Crippen LogP contribution in [0.1, 0.15) is 10.5 Å². The Morgan fingerprint density at radius 1 is 1.07 bits per heavy atom. The summed E-state index contributed by atoms with van der Waals surface area (Å²) in [4.78, 5) is 12.7. The fraction of sp³-hybridized carbons (Fsp3) is 0.158. The van der Waals surface area contributed by atoms with Gasteiger partial charge in [0.2, 0.25) is 10.0 Å². The van der Waals surface area contributed by atoms with Gasteiger partial charge in [0.25, 0.3) is 5.91 Å². The Labute approximate surface area is 163 Å². The summed E-state index contributed by atoms with van der Waals surface area (Å²) in [5.41, 5.74) is 2.65. The molecule has 8 nitrogen and oxygen atoms in total. The molecule has 2 N–H and O–H groups in total. The van der Waals surface area contributed by atoms with Crippen molar-refractivity contribution in [2.45, 2.75) is 0 Å². The number of amides is 1. The normalized spacial score (nSPS) is 11.1. The Bertz CT molecular complexity index is 1120. The molecule has 0 aliphatic heterocycles. The molecule has 3 aromatic rings. The Balaban J connectivity index is 1.82. The highest BCUT2D eigenvalue weighted by Crippen LogP contribution is 2.24. The van der Waals surface area contributed by atoms with Crippen LogP contribution in [0.4, 0.5) is 11.4 Å². The van der Waals surface area contributed by atoms with Crippen LogP contribution in [-0.4, -0.2) is 37.5 Å². The maximum atomic E-state index is 12.7. The summed E-state index contributed by atoms with van der Waals surface area (Å²) in [6.45, 7) is 0. The Morgan fingerprint density at radius 3 is 2.50 bits per heavy atom. The number of carbonyl (C=O) groups is 1. The molecular formula is C19H20N4O4S. The highest BCUT2D eigenvalue weighted by atomic mass is 32.2. The number of carbonyl (C=O) groups excluding carboxylic acids is 1. The van der Waals surface area contributed by atoms with Crippen LogP contribution in [-0.2, 0) is 17.1 Å². The quantitative estimate of drug-likeness (QED) is 0.662. The number of benzene rings is 2. The van der Waals surface area contributed by atoms with Crippen LogP contribution >= 0.6 is 0 Å². The molecule has 2 aromatic carbocycles. The molecule has 28 heavy (non-hydrogen) atoms. The minimum Gasteiger partial charge on any atom is -0.497 e. The first-order chi connectivity index (χ1) is 13.2. The summed E-state index contributed by atoms with van der Waals surface area (Å²) in [6, 6.07) is 15.5. The minimum absolute atomic E-state index is 0.360. The maximum absolute atomic E-state index is 12.7. The average molecular weight is 400 g/mol. The van der Waals surface area contributed by atoms with Crippen LogP contribution in [0.2, 0.25) is 0 Å². The molecule has 0 spiro atoms. The number of sulfonamides is 1. The molecule has 1 heterocycles. The fourth-order valence-corrected chi connectivity index (χ4v) is 3.23. The van der Waals surface area contributed by atoms with Crippen molar-refractivity contribution >= 4 is 27.3 Å². The molecule has 1 amide bonds. The number of nitrogens with zero attached hydrogens (tertiary/aromatic N) is 2. The van der Waals surface area contributed by atoms with Gasteiger partial charge in [0.15, 0.2) is 0 Å². The van der Waals surface area contributed by atoms with E-state index in [1.807, 2.05) is 24.3 Å². The number of hydrogen-bond donors (Lipinski definition) is 2. The second kappa shape index (κ2) is 7.73. The SMILES string of the molecule is COc1cccc(-c2cc(C(=O)Nc3cccc(NS(C)(=O)=O)c3)n(C)n2)c1. The van der Waals surface area contributed by atoms with Crippen molar-refractivity contribution in [1.29, 1.82) is 0 Å². The van der Waals surface area contributed by atoms with Crippen LogP contribution in [0.5, 0.6) is 5.75 Å². The Hall–Kier alpha value is -3.33. The lowest BCUT2D eigenvalue weighted by Gasteiger charge is -2.08. The number of ether oxygens (including phenoxy) is 1. The van der Waals surface area contributed by atoms with Gasteiger partial charge in [0.1, 0.15) is 11.4 Å². The fourth-order valence-electron chi connectivity index (χ4n) is 2.67. The molecule has 0 bridgehead atoms. The predicted molar refractivity (Wildman–Crippen MR) is 108 cm³/mol. The van der Waals surface area contributed by atoms with E-state index in [1.165, 1.54) is 10.7 Å². The summed E-state index contributed by atoms with van der Waals surface area (Å²) in [7, 11) is -0.134. The molecular weight excluding hydrogens is 380 g/mol. The van der Waals surface area contributed by atoms with Crippen molar-refractivity contribution in [3.05, 3.63) is 60.3 Å². The number of anilines is 2. The van der Waals surface area contributed by atoms with Gasteiger partial charge < -0.3 is 10.1 Å². The lowest BCUT2D eigenvalue weighted by Crippen LogP contribution is -2.16. The largest absolute Gasteiger partial charge is 0.497 e. The maximum Gasteiger partial charge on any atom is 0.273 e. The molecule has 0 aliphatic carbocycles. The van der Waals surface area contributed by atoms with Crippen LogP contribution < -0.4 is 14.8 Å². The lowest BCUT2D eigenvalue weighted by molar-refractivity contribution is 0.101. The van der Waals surface area contributed by atoms with Gasteiger partial charge in [-0.25, -0.2) is 8.42 Å². The predicted octanol–water partition coefficient (Wildman–Crippen LogP) is 2.72. The number of hydrogen-bond acceptors (Lipinski definition) is 5. The standard InChI is InChI=1S/C19H20N4O4S/c1-23-18(12-17(21-23)13-6-4-9-16(10-13)27-2)19(24)20-14-7-5-8-15(11-14)22-28(3,25)26/h4-12,22H,1-3H3,(H,20,24). The third kappa shape index (κ3) is 4.68. The molecule has 0 fully saturated rings. The second-order valence-corrected chi connectivity index (χ2v) is 7.93. The third-order valence-corrected chi connectivity index (χ3v) is 4.51. The van der Waals surface area contributed by atoms with Crippen molar-refractivity contribution in [3.8, 4) is 17.0 Å². The van der Waals surface area contributed by atoms with Gasteiger partial charge in [-0.05, 0) is 36.4 Å². The topological polar surface area (TPSA) is 102 Å². The summed E-state index contributed by atoms with van der Waals surface area (Å²) < 4.78 is 31.8. The number of rotatable bonds is 6. The number of aryl methyl sites for hydroxylation is 1. The monoisotopic (exact) mass is 400 g/mol. The van der Waals surface area contributed by atoms with Crippen molar-refractivity contribution in [1.82, 2.24) is 9.78 Å². The molecule has 3 rings (SSSR count). The molecule has 9 heteroatoms. The Kier molecular flexibility index (Phi) is 5.36. The Morgan fingerprint density at radius 2 is 1.79 bits per heavy atom. The van der Waals surface area contributed by atoms with Crippen molar-refractivity contribution < 1.29 is 17.9 Å². The van der Waals surface area contributed by atoms with E-state index in [2.05, 4.69) is 15.1 Å². The van der Waals surface area contributed by atoms with Gasteiger partial charge in [0.05, 0.1) is 24.7 Å². The van der Waals surface area contributed by atoms with E-state index in [0.717, 1.165) is 11.8 Å². The number of methoxy groups -OCH3 is 1. The summed E-state index contributed by atoms with van der Waals surface area (Å²) >= 11 is 0. The second-order valence-electron chi connectivity index (χ2n) is 6.18. The molecule has 0 atom stereocenters. The van der Waals surface area contributed by atoms with Crippen molar-refractivity contribution in [2.24, 2.45) is 7.05 Å². The van der Waals surface area contributed by atoms with E-state index in [0.29, 0.717) is 28.5 Å².